The second-order valence-electron chi connectivity index (χ2n) is 7.44. The van der Waals surface area contributed by atoms with Gasteiger partial charge in [-0.05, 0) is 43.2 Å². The predicted octanol–water partition coefficient (Wildman–Crippen LogP) is 3.83. The average molecular weight is 447 g/mol. The predicted molar refractivity (Wildman–Crippen MR) is 116 cm³/mol. The van der Waals surface area contributed by atoms with Gasteiger partial charge in [-0.2, -0.15) is 9.29 Å². The SMILES string of the molecule is Cc1nc(-c2ccc(C)c(S(=O)(=O)N3CCN(c4cc(Cl)ccc4C)CC3)c2)no1. The maximum atomic E-state index is 13.4. The molecule has 0 spiro atoms. The summed E-state index contributed by atoms with van der Waals surface area (Å²) in [6, 6.07) is 11.0. The van der Waals surface area contributed by atoms with E-state index in [4.69, 9.17) is 16.1 Å². The van der Waals surface area contributed by atoms with E-state index in [-0.39, 0.29) is 4.90 Å². The highest BCUT2D eigenvalue weighted by molar-refractivity contribution is 7.89. The van der Waals surface area contributed by atoms with E-state index in [0.717, 1.165) is 11.3 Å². The van der Waals surface area contributed by atoms with Crippen LogP contribution >= 0.6 is 11.6 Å². The van der Waals surface area contributed by atoms with Crippen molar-refractivity contribution < 1.29 is 12.9 Å². The minimum Gasteiger partial charge on any atom is -0.369 e. The van der Waals surface area contributed by atoms with Crippen molar-refractivity contribution in [2.24, 2.45) is 0 Å². The molecule has 0 amide bonds. The molecule has 3 aromatic rings. The molecule has 0 radical (unpaired) electrons. The second kappa shape index (κ2) is 8.02. The van der Waals surface area contributed by atoms with E-state index in [9.17, 15) is 8.42 Å². The van der Waals surface area contributed by atoms with Crippen LogP contribution in [0.2, 0.25) is 5.02 Å². The van der Waals surface area contributed by atoms with Crippen LogP contribution in [0.15, 0.2) is 45.8 Å². The zero-order valence-electron chi connectivity index (χ0n) is 17.1. The number of hydrogen-bond acceptors (Lipinski definition) is 6. The van der Waals surface area contributed by atoms with Crippen molar-refractivity contribution >= 4 is 27.3 Å². The molecule has 0 bridgehead atoms. The largest absolute Gasteiger partial charge is 0.369 e. The third-order valence-electron chi connectivity index (χ3n) is 5.34. The molecular weight excluding hydrogens is 424 g/mol. The number of sulfonamides is 1. The zero-order valence-corrected chi connectivity index (χ0v) is 18.7. The molecule has 1 aliphatic heterocycles. The van der Waals surface area contributed by atoms with Gasteiger partial charge in [0.25, 0.3) is 0 Å². The first-order chi connectivity index (χ1) is 14.3. The van der Waals surface area contributed by atoms with Gasteiger partial charge in [0.1, 0.15) is 0 Å². The van der Waals surface area contributed by atoms with Gasteiger partial charge in [0.05, 0.1) is 4.90 Å². The van der Waals surface area contributed by atoms with Crippen LogP contribution < -0.4 is 4.90 Å². The molecule has 0 N–H and O–H groups in total. The van der Waals surface area contributed by atoms with Gasteiger partial charge in [0.2, 0.25) is 21.7 Å². The number of rotatable bonds is 4. The molecule has 158 valence electrons. The van der Waals surface area contributed by atoms with Gasteiger partial charge in [0, 0.05) is 49.4 Å². The highest BCUT2D eigenvalue weighted by Gasteiger charge is 2.30. The lowest BCUT2D eigenvalue weighted by molar-refractivity contribution is 0.384. The van der Waals surface area contributed by atoms with E-state index in [1.54, 1.807) is 32.0 Å². The molecule has 0 aliphatic carbocycles. The lowest BCUT2D eigenvalue weighted by atomic mass is 10.1. The quantitative estimate of drug-likeness (QED) is 0.606. The van der Waals surface area contributed by atoms with Gasteiger partial charge in [-0.1, -0.05) is 35.0 Å². The highest BCUT2D eigenvalue weighted by Crippen LogP contribution is 2.29. The van der Waals surface area contributed by atoms with Crippen LogP contribution in [0.3, 0.4) is 0 Å². The molecule has 1 aromatic heterocycles. The van der Waals surface area contributed by atoms with Gasteiger partial charge >= 0.3 is 0 Å². The zero-order chi connectivity index (χ0) is 21.5. The van der Waals surface area contributed by atoms with Gasteiger partial charge in [-0.3, -0.25) is 0 Å². The molecule has 0 saturated carbocycles. The summed E-state index contributed by atoms with van der Waals surface area (Å²) < 4.78 is 33.3. The Morgan fingerprint density at radius 2 is 1.67 bits per heavy atom. The molecule has 2 heterocycles. The Morgan fingerprint density at radius 3 is 2.33 bits per heavy atom. The molecule has 0 unspecified atom stereocenters. The van der Waals surface area contributed by atoms with Crippen molar-refractivity contribution in [1.29, 1.82) is 0 Å². The van der Waals surface area contributed by atoms with Crippen LogP contribution in [0.25, 0.3) is 11.4 Å². The van der Waals surface area contributed by atoms with E-state index >= 15 is 0 Å². The van der Waals surface area contributed by atoms with Crippen LogP contribution in [0.1, 0.15) is 17.0 Å². The Hall–Kier alpha value is -2.42. The van der Waals surface area contributed by atoms with E-state index < -0.39 is 10.0 Å². The topological polar surface area (TPSA) is 79.5 Å². The molecule has 2 aromatic carbocycles. The first-order valence-corrected chi connectivity index (χ1v) is 11.5. The Bertz CT molecular complexity index is 1180. The minimum absolute atomic E-state index is 0.273. The number of nitrogens with zero attached hydrogens (tertiary/aromatic N) is 4. The van der Waals surface area contributed by atoms with Gasteiger partial charge in [0.15, 0.2) is 0 Å². The summed E-state index contributed by atoms with van der Waals surface area (Å²) in [6.45, 7) is 7.53. The van der Waals surface area contributed by atoms with E-state index in [1.807, 2.05) is 25.1 Å². The summed E-state index contributed by atoms with van der Waals surface area (Å²) in [5.41, 5.74) is 3.47. The molecule has 1 aliphatic rings. The van der Waals surface area contributed by atoms with Crippen LogP contribution in [0, 0.1) is 20.8 Å². The van der Waals surface area contributed by atoms with Gasteiger partial charge in [-0.15, -0.1) is 0 Å². The van der Waals surface area contributed by atoms with Crippen LogP contribution in [0.4, 0.5) is 5.69 Å². The van der Waals surface area contributed by atoms with Crippen molar-refractivity contribution in [3.8, 4) is 11.4 Å². The first-order valence-electron chi connectivity index (χ1n) is 9.68. The first kappa shape index (κ1) is 20.8. The van der Waals surface area contributed by atoms with Crippen LogP contribution in [-0.4, -0.2) is 49.0 Å². The molecular formula is C21H23ClN4O3S. The molecule has 30 heavy (non-hydrogen) atoms. The van der Waals surface area contributed by atoms with Crippen molar-refractivity contribution in [2.75, 3.05) is 31.1 Å². The molecule has 7 nitrogen and oxygen atoms in total. The Balaban J connectivity index is 1.57. The molecule has 1 saturated heterocycles. The van der Waals surface area contributed by atoms with Crippen LogP contribution in [-0.2, 0) is 10.0 Å². The maximum absolute atomic E-state index is 13.4. The number of aromatic nitrogens is 2. The van der Waals surface area contributed by atoms with Crippen molar-refractivity contribution in [1.82, 2.24) is 14.4 Å². The lowest BCUT2D eigenvalue weighted by Crippen LogP contribution is -2.49. The minimum atomic E-state index is -3.65. The van der Waals surface area contributed by atoms with E-state index in [1.165, 1.54) is 4.31 Å². The molecule has 1 fully saturated rings. The van der Waals surface area contributed by atoms with Gasteiger partial charge in [-0.25, -0.2) is 8.42 Å². The number of hydrogen-bond donors (Lipinski definition) is 0. The molecule has 4 rings (SSSR count). The lowest BCUT2D eigenvalue weighted by Gasteiger charge is -2.36. The molecule has 9 heteroatoms. The number of aryl methyl sites for hydroxylation is 3. The number of anilines is 1. The standard InChI is InChI=1S/C21H23ClN4O3S/c1-14-5-7-18(22)13-19(14)25-8-10-26(11-9-25)30(27,28)20-12-17(6-4-15(20)2)21-23-16(3)29-24-21/h4-7,12-13H,8-11H2,1-3H3. The third kappa shape index (κ3) is 3.95. The summed E-state index contributed by atoms with van der Waals surface area (Å²) in [7, 11) is -3.65. The Labute approximate surface area is 181 Å². The van der Waals surface area contributed by atoms with Crippen molar-refractivity contribution in [3.63, 3.8) is 0 Å². The van der Waals surface area contributed by atoms with Gasteiger partial charge < -0.3 is 9.42 Å². The Kier molecular flexibility index (Phi) is 5.57. The summed E-state index contributed by atoms with van der Waals surface area (Å²) in [5, 5.41) is 4.57. The Morgan fingerprint density at radius 1 is 0.967 bits per heavy atom. The second-order valence-corrected chi connectivity index (χ2v) is 9.78. The van der Waals surface area contributed by atoms with E-state index in [0.29, 0.717) is 54.0 Å². The van der Waals surface area contributed by atoms with Crippen molar-refractivity contribution in [3.05, 3.63) is 58.4 Å². The fourth-order valence-corrected chi connectivity index (χ4v) is 5.50. The third-order valence-corrected chi connectivity index (χ3v) is 7.62. The van der Waals surface area contributed by atoms with Crippen molar-refractivity contribution in [2.45, 2.75) is 25.7 Å². The monoisotopic (exact) mass is 446 g/mol. The number of halogens is 1. The fraction of sp³-hybridized carbons (Fsp3) is 0.333. The maximum Gasteiger partial charge on any atom is 0.243 e. The normalized spacial score (nSPS) is 15.5. The smallest absolute Gasteiger partial charge is 0.243 e. The molecule has 0 atom stereocenters. The number of benzene rings is 2. The summed E-state index contributed by atoms with van der Waals surface area (Å²) in [5.74, 6) is 0.813. The summed E-state index contributed by atoms with van der Waals surface area (Å²) >= 11 is 6.15. The highest BCUT2D eigenvalue weighted by atomic mass is 35.5. The van der Waals surface area contributed by atoms with Crippen LogP contribution in [0.5, 0.6) is 0 Å². The average Bonchev–Trinajstić information content (AvgIpc) is 3.16. The summed E-state index contributed by atoms with van der Waals surface area (Å²) in [4.78, 5) is 6.65. The fourth-order valence-electron chi connectivity index (χ4n) is 3.67. The number of piperazine rings is 1. The summed E-state index contributed by atoms with van der Waals surface area (Å²) in [6.07, 6.45) is 0. The van der Waals surface area contributed by atoms with E-state index in [2.05, 4.69) is 15.0 Å².